The first-order chi connectivity index (χ1) is 2.94. The van der Waals surface area contributed by atoms with Crippen molar-refractivity contribution in [1.82, 2.24) is 0 Å². The summed E-state index contributed by atoms with van der Waals surface area (Å²) in [5.74, 6) is 0. The predicted octanol–water partition coefficient (Wildman–Crippen LogP) is -3.17. The standard InChI is InChI=1S/CHCl5Si.2K.2H/c2-1(3,4)7(5)6;;;;/h7H;;;;/q;2*+1;2*-1. The van der Waals surface area contributed by atoms with Crippen LogP contribution in [0.15, 0.2) is 0 Å². The Hall–Kier alpha value is 4.94. The fraction of sp³-hybridized carbons (Fsp3) is 1.00. The normalized spacial score (nSPS) is 10.0. The third-order valence-electron chi connectivity index (χ3n) is 0.247. The van der Waals surface area contributed by atoms with Crippen LogP contribution in [0.1, 0.15) is 2.85 Å². The van der Waals surface area contributed by atoms with E-state index >= 15 is 0 Å². The minimum atomic E-state index is -2.12. The van der Waals surface area contributed by atoms with Crippen molar-refractivity contribution in [2.24, 2.45) is 0 Å². The zero-order valence-electron chi connectivity index (χ0n) is 6.97. The molecular weight excluding hydrogens is 296 g/mol. The van der Waals surface area contributed by atoms with Gasteiger partial charge in [-0.25, -0.2) is 0 Å². The van der Waals surface area contributed by atoms with Crippen molar-refractivity contribution in [2.75, 3.05) is 0 Å². The van der Waals surface area contributed by atoms with Crippen molar-refractivity contribution in [3.8, 4) is 0 Å². The van der Waals surface area contributed by atoms with Crippen molar-refractivity contribution >= 4 is 64.4 Å². The molecule has 0 spiro atoms. The summed E-state index contributed by atoms with van der Waals surface area (Å²) in [7, 11) is -2.12. The third kappa shape index (κ3) is 12.9. The molecule has 0 aliphatic heterocycles. The molecule has 9 heavy (non-hydrogen) atoms. The van der Waals surface area contributed by atoms with E-state index in [1.54, 1.807) is 0 Å². The second-order valence-corrected chi connectivity index (χ2v) is 9.07. The van der Waals surface area contributed by atoms with E-state index in [0.717, 1.165) is 0 Å². The van der Waals surface area contributed by atoms with Gasteiger partial charge in [0.05, 0.1) is 0 Å². The molecule has 0 aromatic heterocycles. The molecule has 0 rings (SSSR count). The van der Waals surface area contributed by atoms with Gasteiger partial charge in [0.1, 0.15) is 0 Å². The van der Waals surface area contributed by atoms with E-state index in [1.807, 2.05) is 0 Å². The van der Waals surface area contributed by atoms with Gasteiger partial charge in [-0.3, -0.25) is 0 Å². The topological polar surface area (TPSA) is 0 Å². The number of hydrogen-bond donors (Lipinski definition) is 0. The maximum absolute atomic E-state index is 5.26. The molecular formula is CH3Cl5K2Si. The average Bonchev–Trinajstić information content (AvgIpc) is 1.31. The van der Waals surface area contributed by atoms with E-state index in [2.05, 4.69) is 0 Å². The van der Waals surface area contributed by atoms with Crippen LogP contribution < -0.4 is 103 Å². The smallest absolute Gasteiger partial charge is 1.00 e. The zero-order valence-corrected chi connectivity index (χ0v) is 16.1. The van der Waals surface area contributed by atoms with Crippen LogP contribution in [0, 0.1) is 0 Å². The van der Waals surface area contributed by atoms with Crippen LogP contribution in [0.5, 0.6) is 0 Å². The van der Waals surface area contributed by atoms with Gasteiger partial charge in [0.2, 0.25) is 3.42 Å². The fourth-order valence-corrected chi connectivity index (χ4v) is 0. The second-order valence-electron chi connectivity index (χ2n) is 0.842. The Bertz CT molecular complexity index is 68.0. The minimum Gasteiger partial charge on any atom is -1.00 e. The molecule has 0 amide bonds. The Morgan fingerprint density at radius 2 is 1.11 bits per heavy atom. The molecule has 0 saturated heterocycles. The molecule has 0 atom stereocenters. The Morgan fingerprint density at radius 1 is 1.00 bits per heavy atom. The summed E-state index contributed by atoms with van der Waals surface area (Å²) >= 11 is 26.1. The number of halogens is 5. The van der Waals surface area contributed by atoms with Gasteiger partial charge in [0.25, 0.3) is 7.42 Å². The molecule has 0 aliphatic carbocycles. The fourth-order valence-electron chi connectivity index (χ4n) is 0. The molecule has 8 heteroatoms. The Kier molecular flexibility index (Phi) is 20.6. The zero-order chi connectivity index (χ0) is 6.08. The van der Waals surface area contributed by atoms with Gasteiger partial charge in [-0.05, 0) is 0 Å². The molecule has 0 saturated carbocycles. The number of hydrogen-bond acceptors (Lipinski definition) is 0. The largest absolute Gasteiger partial charge is 1.00 e. The van der Waals surface area contributed by atoms with Crippen LogP contribution in [0.4, 0.5) is 0 Å². The molecule has 0 unspecified atom stereocenters. The summed E-state index contributed by atoms with van der Waals surface area (Å²) < 4.78 is -1.41. The molecule has 0 radical (unpaired) electrons. The first-order valence-electron chi connectivity index (χ1n) is 1.29. The van der Waals surface area contributed by atoms with Crippen molar-refractivity contribution < 1.29 is 106 Å². The first-order valence-corrected chi connectivity index (χ1v) is 6.49. The monoisotopic (exact) mass is 296 g/mol. The Labute approximate surface area is 168 Å². The predicted molar refractivity (Wildman–Crippen MR) is 41.4 cm³/mol. The van der Waals surface area contributed by atoms with E-state index in [-0.39, 0.29) is 106 Å². The molecule has 48 valence electrons. The molecule has 0 fully saturated rings. The quantitative estimate of drug-likeness (QED) is 0.251. The maximum atomic E-state index is 5.26. The van der Waals surface area contributed by atoms with Crippen LogP contribution in [0.3, 0.4) is 0 Å². The van der Waals surface area contributed by atoms with Gasteiger partial charge in [-0.2, -0.15) is 0 Å². The van der Waals surface area contributed by atoms with Gasteiger partial charge in [0, 0.05) is 0 Å². The number of alkyl halides is 3. The molecule has 0 heterocycles. The van der Waals surface area contributed by atoms with Crippen LogP contribution >= 0.6 is 57.0 Å². The van der Waals surface area contributed by atoms with Gasteiger partial charge < -0.3 is 2.85 Å². The second kappa shape index (κ2) is 9.49. The van der Waals surface area contributed by atoms with E-state index < -0.39 is 10.8 Å². The summed E-state index contributed by atoms with van der Waals surface area (Å²) in [6.07, 6.45) is 0. The Morgan fingerprint density at radius 3 is 1.11 bits per heavy atom. The van der Waals surface area contributed by atoms with Gasteiger partial charge in [-0.15, -0.1) is 22.2 Å². The van der Waals surface area contributed by atoms with Crippen LogP contribution in [0.2, 0.25) is 0 Å². The first kappa shape index (κ1) is 19.5. The summed E-state index contributed by atoms with van der Waals surface area (Å²) in [4.78, 5) is 0. The minimum absolute atomic E-state index is 0. The average molecular weight is 299 g/mol. The van der Waals surface area contributed by atoms with E-state index in [4.69, 9.17) is 57.0 Å². The molecule has 0 aliphatic rings. The van der Waals surface area contributed by atoms with Crippen LogP contribution in [0.25, 0.3) is 0 Å². The summed E-state index contributed by atoms with van der Waals surface area (Å²) in [6.45, 7) is 0. The summed E-state index contributed by atoms with van der Waals surface area (Å²) in [5.41, 5.74) is 0. The SMILES string of the molecule is Cl[SiH](Cl)C(Cl)(Cl)Cl.[H-].[H-].[K+].[K+]. The van der Waals surface area contributed by atoms with Gasteiger partial charge in [-0.1, -0.05) is 34.8 Å². The molecule has 0 bridgehead atoms. The molecule has 0 aromatic rings. The molecule has 0 nitrogen and oxygen atoms in total. The van der Waals surface area contributed by atoms with Gasteiger partial charge in [0.15, 0.2) is 0 Å². The Balaban J connectivity index is -0.0000000300. The van der Waals surface area contributed by atoms with Crippen molar-refractivity contribution in [3.05, 3.63) is 0 Å². The van der Waals surface area contributed by atoms with E-state index in [0.29, 0.717) is 0 Å². The maximum Gasteiger partial charge on any atom is 1.00 e. The van der Waals surface area contributed by atoms with Crippen molar-refractivity contribution in [1.29, 1.82) is 0 Å². The third-order valence-corrected chi connectivity index (χ3v) is 6.68. The van der Waals surface area contributed by atoms with Crippen molar-refractivity contribution in [3.63, 3.8) is 0 Å². The van der Waals surface area contributed by atoms with E-state index in [1.165, 1.54) is 0 Å². The summed E-state index contributed by atoms with van der Waals surface area (Å²) in [5, 5.41) is 0. The summed E-state index contributed by atoms with van der Waals surface area (Å²) in [6, 6.07) is 0. The van der Waals surface area contributed by atoms with E-state index in [9.17, 15) is 0 Å². The van der Waals surface area contributed by atoms with Crippen LogP contribution in [-0.2, 0) is 0 Å². The van der Waals surface area contributed by atoms with Gasteiger partial charge >= 0.3 is 103 Å². The van der Waals surface area contributed by atoms with Crippen molar-refractivity contribution in [2.45, 2.75) is 3.42 Å². The molecule has 0 N–H and O–H groups in total. The van der Waals surface area contributed by atoms with Crippen LogP contribution in [-0.4, -0.2) is 10.8 Å². The molecule has 0 aromatic carbocycles. The number of rotatable bonds is 0.